The van der Waals surface area contributed by atoms with Gasteiger partial charge in [0.05, 0.1) is 11.1 Å². The summed E-state index contributed by atoms with van der Waals surface area (Å²) < 4.78 is 0.654. The Bertz CT molecular complexity index is 718. The van der Waals surface area contributed by atoms with Gasteiger partial charge < -0.3 is 10.0 Å². The van der Waals surface area contributed by atoms with E-state index in [-0.39, 0.29) is 17.7 Å². The second-order valence-electron chi connectivity index (χ2n) is 5.50. The Labute approximate surface area is 147 Å². The van der Waals surface area contributed by atoms with Crippen LogP contribution in [0.15, 0.2) is 22.7 Å². The van der Waals surface area contributed by atoms with Gasteiger partial charge in [0, 0.05) is 11.0 Å². The van der Waals surface area contributed by atoms with Crippen LogP contribution in [0.3, 0.4) is 0 Å². The first kappa shape index (κ1) is 18.1. The second kappa shape index (κ2) is 7.12. The van der Waals surface area contributed by atoms with E-state index in [4.69, 9.17) is 5.11 Å². The van der Waals surface area contributed by atoms with Gasteiger partial charge in [-0.2, -0.15) is 0 Å². The summed E-state index contributed by atoms with van der Waals surface area (Å²) in [7, 11) is 0. The van der Waals surface area contributed by atoms with Crippen LogP contribution < -0.4 is 0 Å². The summed E-state index contributed by atoms with van der Waals surface area (Å²) >= 11 is 3.25. The molecule has 0 saturated carbocycles. The van der Waals surface area contributed by atoms with Crippen LogP contribution in [0, 0.1) is 0 Å². The van der Waals surface area contributed by atoms with Gasteiger partial charge in [-0.3, -0.25) is 24.1 Å². The number of hydrogen-bond acceptors (Lipinski definition) is 4. The molecule has 128 valence electrons. The molecule has 2 rings (SSSR count). The minimum Gasteiger partial charge on any atom is -0.480 e. The summed E-state index contributed by atoms with van der Waals surface area (Å²) in [4.78, 5) is 50.5. The van der Waals surface area contributed by atoms with Gasteiger partial charge in [-0.25, -0.2) is 0 Å². The maximum Gasteiger partial charge on any atom is 0.323 e. The monoisotopic (exact) mass is 396 g/mol. The number of carboxylic acid groups (broad SMARTS) is 1. The number of carbonyl (C=O) groups is 4. The lowest BCUT2D eigenvalue weighted by Gasteiger charge is -2.28. The summed E-state index contributed by atoms with van der Waals surface area (Å²) in [5, 5.41) is 8.94. The van der Waals surface area contributed by atoms with E-state index in [1.54, 1.807) is 6.07 Å². The fourth-order valence-corrected chi connectivity index (χ4v) is 3.02. The number of amides is 3. The molecule has 1 aromatic rings. The van der Waals surface area contributed by atoms with Crippen LogP contribution in [0.4, 0.5) is 0 Å². The standard InChI is InChI=1S/C16H17BrN2O5/c1-3-6-18(8-13(20)21)14(22)9(2)19-15(23)11-5-4-10(17)7-12(11)16(19)24/h4-5,7,9H,3,6,8H2,1-2H3,(H,20,21). The van der Waals surface area contributed by atoms with Gasteiger partial charge in [0.1, 0.15) is 12.6 Å². The zero-order valence-corrected chi connectivity index (χ0v) is 14.9. The van der Waals surface area contributed by atoms with Crippen LogP contribution in [0.1, 0.15) is 41.0 Å². The number of benzene rings is 1. The van der Waals surface area contributed by atoms with Crippen molar-refractivity contribution in [2.75, 3.05) is 13.1 Å². The molecule has 0 aromatic heterocycles. The molecule has 1 aliphatic rings. The molecule has 1 unspecified atom stereocenters. The topological polar surface area (TPSA) is 95.0 Å². The predicted molar refractivity (Wildman–Crippen MR) is 88.6 cm³/mol. The molecule has 3 amide bonds. The summed E-state index contributed by atoms with van der Waals surface area (Å²) in [6.07, 6.45) is 0.570. The number of imide groups is 1. The van der Waals surface area contributed by atoms with E-state index in [0.29, 0.717) is 10.9 Å². The van der Waals surface area contributed by atoms with Crippen LogP contribution >= 0.6 is 15.9 Å². The highest BCUT2D eigenvalue weighted by Gasteiger charge is 2.42. The molecule has 8 heteroatoms. The van der Waals surface area contributed by atoms with E-state index in [1.807, 2.05) is 6.92 Å². The first-order chi connectivity index (χ1) is 11.3. The first-order valence-corrected chi connectivity index (χ1v) is 8.25. The van der Waals surface area contributed by atoms with Crippen LogP contribution in [0.5, 0.6) is 0 Å². The van der Waals surface area contributed by atoms with E-state index in [2.05, 4.69) is 15.9 Å². The van der Waals surface area contributed by atoms with Crippen molar-refractivity contribution in [2.24, 2.45) is 0 Å². The van der Waals surface area contributed by atoms with Crippen LogP contribution in [-0.2, 0) is 9.59 Å². The lowest BCUT2D eigenvalue weighted by atomic mass is 10.1. The summed E-state index contributed by atoms with van der Waals surface area (Å²) in [5.41, 5.74) is 0.470. The Morgan fingerprint density at radius 1 is 1.25 bits per heavy atom. The van der Waals surface area contributed by atoms with E-state index in [1.165, 1.54) is 19.1 Å². The highest BCUT2D eigenvalue weighted by atomic mass is 79.9. The van der Waals surface area contributed by atoms with E-state index in [9.17, 15) is 19.2 Å². The van der Waals surface area contributed by atoms with Crippen molar-refractivity contribution in [2.45, 2.75) is 26.3 Å². The molecule has 0 bridgehead atoms. The minimum atomic E-state index is -1.14. The van der Waals surface area contributed by atoms with Gasteiger partial charge >= 0.3 is 5.97 Å². The van der Waals surface area contributed by atoms with Gasteiger partial charge in [0.25, 0.3) is 11.8 Å². The normalized spacial score (nSPS) is 14.5. The van der Waals surface area contributed by atoms with E-state index >= 15 is 0 Å². The molecule has 1 atom stereocenters. The largest absolute Gasteiger partial charge is 0.480 e. The van der Waals surface area contributed by atoms with Crippen molar-refractivity contribution in [3.63, 3.8) is 0 Å². The fourth-order valence-electron chi connectivity index (χ4n) is 2.66. The third kappa shape index (κ3) is 3.33. The highest BCUT2D eigenvalue weighted by Crippen LogP contribution is 2.28. The quantitative estimate of drug-likeness (QED) is 0.739. The Kier molecular flexibility index (Phi) is 5.38. The fraction of sp³-hybridized carbons (Fsp3) is 0.375. The second-order valence-corrected chi connectivity index (χ2v) is 6.42. The molecule has 1 aliphatic heterocycles. The Morgan fingerprint density at radius 2 is 1.88 bits per heavy atom. The van der Waals surface area contributed by atoms with Gasteiger partial charge in [-0.05, 0) is 31.5 Å². The zero-order chi connectivity index (χ0) is 18.0. The van der Waals surface area contributed by atoms with E-state index < -0.39 is 36.3 Å². The minimum absolute atomic E-state index is 0.231. The summed E-state index contributed by atoms with van der Waals surface area (Å²) in [6.45, 7) is 3.02. The van der Waals surface area contributed by atoms with E-state index in [0.717, 1.165) is 9.80 Å². The first-order valence-electron chi connectivity index (χ1n) is 7.46. The predicted octanol–water partition coefficient (Wildman–Crippen LogP) is 1.76. The Morgan fingerprint density at radius 3 is 2.46 bits per heavy atom. The molecule has 1 aromatic carbocycles. The average Bonchev–Trinajstić information content (AvgIpc) is 2.76. The summed E-state index contributed by atoms with van der Waals surface area (Å²) in [6, 6.07) is 3.64. The third-order valence-electron chi connectivity index (χ3n) is 3.76. The number of halogens is 1. The number of carboxylic acids is 1. The van der Waals surface area contributed by atoms with Crippen molar-refractivity contribution in [1.29, 1.82) is 0 Å². The van der Waals surface area contributed by atoms with Crippen molar-refractivity contribution in [3.8, 4) is 0 Å². The van der Waals surface area contributed by atoms with Crippen LogP contribution in [0.2, 0.25) is 0 Å². The Hall–Kier alpha value is -2.22. The SMILES string of the molecule is CCCN(CC(=O)O)C(=O)C(C)N1C(=O)c2ccc(Br)cc2C1=O. The average molecular weight is 397 g/mol. The molecule has 0 saturated heterocycles. The van der Waals surface area contributed by atoms with Crippen molar-refractivity contribution < 1.29 is 24.3 Å². The molecule has 0 spiro atoms. The smallest absolute Gasteiger partial charge is 0.323 e. The van der Waals surface area contributed by atoms with Gasteiger partial charge in [-0.15, -0.1) is 0 Å². The summed E-state index contributed by atoms with van der Waals surface area (Å²) in [5.74, 6) is -2.80. The van der Waals surface area contributed by atoms with Gasteiger partial charge in [-0.1, -0.05) is 22.9 Å². The van der Waals surface area contributed by atoms with Crippen LogP contribution in [-0.4, -0.2) is 57.7 Å². The number of nitrogens with zero attached hydrogens (tertiary/aromatic N) is 2. The number of carbonyl (C=O) groups excluding carboxylic acids is 3. The van der Waals surface area contributed by atoms with Gasteiger partial charge in [0.2, 0.25) is 5.91 Å². The molecule has 0 radical (unpaired) electrons. The lowest BCUT2D eigenvalue weighted by Crippen LogP contribution is -2.50. The lowest BCUT2D eigenvalue weighted by molar-refractivity contribution is -0.145. The van der Waals surface area contributed by atoms with Crippen molar-refractivity contribution in [1.82, 2.24) is 9.80 Å². The number of fused-ring (bicyclic) bond motifs is 1. The highest BCUT2D eigenvalue weighted by molar-refractivity contribution is 9.10. The molecular formula is C16H17BrN2O5. The zero-order valence-electron chi connectivity index (χ0n) is 13.3. The van der Waals surface area contributed by atoms with Crippen molar-refractivity contribution >= 4 is 39.6 Å². The van der Waals surface area contributed by atoms with Crippen LogP contribution in [0.25, 0.3) is 0 Å². The number of rotatable bonds is 6. The number of aliphatic carboxylic acids is 1. The molecule has 24 heavy (non-hydrogen) atoms. The molecule has 0 fully saturated rings. The number of hydrogen-bond donors (Lipinski definition) is 1. The molecular weight excluding hydrogens is 380 g/mol. The molecule has 7 nitrogen and oxygen atoms in total. The maximum atomic E-state index is 12.6. The third-order valence-corrected chi connectivity index (χ3v) is 4.25. The molecule has 1 N–H and O–H groups in total. The maximum absolute atomic E-state index is 12.6. The molecule has 0 aliphatic carbocycles. The van der Waals surface area contributed by atoms with Gasteiger partial charge in [0.15, 0.2) is 0 Å². The van der Waals surface area contributed by atoms with Crippen molar-refractivity contribution in [3.05, 3.63) is 33.8 Å². The Balaban J connectivity index is 2.28. The molecule has 1 heterocycles.